The molecule has 3 saturated heterocycles. The summed E-state index contributed by atoms with van der Waals surface area (Å²) in [4.78, 5) is 12.1. The molecule has 1 aromatic carbocycles. The van der Waals surface area contributed by atoms with Gasteiger partial charge in [-0.2, -0.15) is 0 Å². The minimum atomic E-state index is -0.0548. The Balaban J connectivity index is 1.31. The molecule has 5 nitrogen and oxygen atoms in total. The molecular weight excluding hydrogens is 346 g/mol. The molecular formula is C20H25N3O2S. The number of hydrogen-bond acceptors (Lipinski definition) is 6. The summed E-state index contributed by atoms with van der Waals surface area (Å²) in [5.41, 5.74) is 0.970. The molecule has 138 valence electrons. The topological polar surface area (TPSA) is 47.0 Å². The first-order valence-corrected chi connectivity index (χ1v) is 10.4. The molecule has 5 heterocycles. The van der Waals surface area contributed by atoms with Crippen LogP contribution in [0.4, 0.5) is 0 Å². The van der Waals surface area contributed by atoms with Gasteiger partial charge in [-0.25, -0.2) is 4.98 Å². The highest BCUT2D eigenvalue weighted by Gasteiger charge is 2.51. The zero-order valence-electron chi connectivity index (χ0n) is 15.4. The number of aliphatic imine (C=N–C) groups is 1. The fourth-order valence-electron chi connectivity index (χ4n) is 4.54. The van der Waals surface area contributed by atoms with E-state index >= 15 is 0 Å². The second kappa shape index (κ2) is 6.20. The third-order valence-corrected chi connectivity index (χ3v) is 6.76. The normalized spacial score (nSPS) is 30.2. The van der Waals surface area contributed by atoms with E-state index in [9.17, 15) is 0 Å². The van der Waals surface area contributed by atoms with Gasteiger partial charge >= 0.3 is 0 Å². The molecule has 0 radical (unpaired) electrons. The van der Waals surface area contributed by atoms with E-state index in [1.807, 2.05) is 26.0 Å². The minimum Gasteiger partial charge on any atom is -0.491 e. The molecule has 4 aliphatic rings. The molecule has 6 rings (SSSR count). The van der Waals surface area contributed by atoms with Crippen LogP contribution in [0, 0.1) is 5.92 Å². The van der Waals surface area contributed by atoms with Crippen LogP contribution in [0.15, 0.2) is 23.2 Å². The highest BCUT2D eigenvalue weighted by atomic mass is 32.1. The summed E-state index contributed by atoms with van der Waals surface area (Å²) in [5, 5.41) is 1.07. The van der Waals surface area contributed by atoms with Gasteiger partial charge in [0.2, 0.25) is 0 Å². The summed E-state index contributed by atoms with van der Waals surface area (Å²) >= 11 is 1.71. The Kier molecular flexibility index (Phi) is 3.94. The van der Waals surface area contributed by atoms with Crippen LogP contribution in [0.1, 0.15) is 31.7 Å². The molecule has 2 aromatic rings. The van der Waals surface area contributed by atoms with Crippen LogP contribution in [0.2, 0.25) is 0 Å². The van der Waals surface area contributed by atoms with Crippen LogP contribution in [-0.2, 0) is 11.2 Å². The average molecular weight is 372 g/mol. The lowest BCUT2D eigenvalue weighted by Gasteiger charge is -2.50. The molecule has 0 N–H and O–H groups in total. The number of aromatic nitrogens is 1. The van der Waals surface area contributed by atoms with E-state index in [2.05, 4.69) is 11.0 Å². The second-order valence-corrected chi connectivity index (χ2v) is 9.12. The number of benzene rings is 1. The molecule has 2 bridgehead atoms. The monoisotopic (exact) mass is 371 g/mol. The van der Waals surface area contributed by atoms with Crippen molar-refractivity contribution >= 4 is 27.5 Å². The Bertz CT molecular complexity index is 854. The first-order chi connectivity index (χ1) is 12.6. The SMILES string of the molecule is CC(C)Oc1ccc2nc(CC3=NC[C@@]4(CN5CCC4CC5)O3)sc2c1. The van der Waals surface area contributed by atoms with Crippen molar-refractivity contribution in [2.24, 2.45) is 10.9 Å². The van der Waals surface area contributed by atoms with Crippen molar-refractivity contribution in [3.63, 3.8) is 0 Å². The number of fused-ring (bicyclic) bond motifs is 3. The molecule has 4 aliphatic heterocycles. The maximum absolute atomic E-state index is 6.45. The third kappa shape index (κ3) is 2.89. The van der Waals surface area contributed by atoms with E-state index in [1.54, 1.807) is 11.3 Å². The second-order valence-electron chi connectivity index (χ2n) is 8.01. The molecule has 0 saturated carbocycles. The number of thiazole rings is 1. The van der Waals surface area contributed by atoms with Crippen LogP contribution in [-0.4, -0.2) is 53.7 Å². The Morgan fingerprint density at radius 1 is 1.35 bits per heavy atom. The number of hydrogen-bond donors (Lipinski definition) is 0. The maximum Gasteiger partial charge on any atom is 0.191 e. The van der Waals surface area contributed by atoms with E-state index in [1.165, 1.54) is 25.9 Å². The summed E-state index contributed by atoms with van der Waals surface area (Å²) < 4.78 is 13.4. The van der Waals surface area contributed by atoms with Crippen molar-refractivity contribution in [3.8, 4) is 5.75 Å². The molecule has 1 aromatic heterocycles. The summed E-state index contributed by atoms with van der Waals surface area (Å²) in [6, 6.07) is 6.12. The minimum absolute atomic E-state index is 0.0548. The van der Waals surface area contributed by atoms with Crippen LogP contribution in [0.3, 0.4) is 0 Å². The molecule has 0 unspecified atom stereocenters. The summed E-state index contributed by atoms with van der Waals surface area (Å²) in [5.74, 6) is 2.44. The van der Waals surface area contributed by atoms with Gasteiger partial charge in [0.1, 0.15) is 16.4 Å². The number of nitrogens with zero attached hydrogens (tertiary/aromatic N) is 3. The van der Waals surface area contributed by atoms with Gasteiger partial charge in [0.05, 0.1) is 29.3 Å². The van der Waals surface area contributed by atoms with Crippen molar-refractivity contribution in [2.75, 3.05) is 26.2 Å². The zero-order valence-corrected chi connectivity index (χ0v) is 16.2. The molecule has 1 spiro atoms. The first-order valence-electron chi connectivity index (χ1n) is 9.60. The summed E-state index contributed by atoms with van der Waals surface area (Å²) in [7, 11) is 0. The maximum atomic E-state index is 6.45. The molecule has 3 fully saturated rings. The lowest BCUT2D eigenvalue weighted by molar-refractivity contribution is -0.0837. The molecule has 0 aliphatic carbocycles. The fraction of sp³-hybridized carbons (Fsp3) is 0.600. The lowest BCUT2D eigenvalue weighted by atomic mass is 9.75. The van der Waals surface area contributed by atoms with Gasteiger partial charge in [0.25, 0.3) is 0 Å². The standard InChI is InChI=1S/C20H25N3O2S/c1-13(2)24-15-3-4-16-17(9-15)26-19(22-16)10-18-21-11-20(25-18)12-23-7-5-14(20)6-8-23/h3-4,9,13-14H,5-8,10-12H2,1-2H3/t20-/m0/s1. The quantitative estimate of drug-likeness (QED) is 0.825. The van der Waals surface area contributed by atoms with E-state index < -0.39 is 0 Å². The average Bonchev–Trinajstić information content (AvgIpc) is 3.19. The van der Waals surface area contributed by atoms with Crippen LogP contribution >= 0.6 is 11.3 Å². The van der Waals surface area contributed by atoms with Gasteiger partial charge < -0.3 is 9.47 Å². The summed E-state index contributed by atoms with van der Waals surface area (Å²) in [6.07, 6.45) is 3.39. The van der Waals surface area contributed by atoms with Crippen molar-refractivity contribution in [2.45, 2.75) is 44.8 Å². The van der Waals surface area contributed by atoms with Gasteiger partial charge in [-0.3, -0.25) is 9.89 Å². The molecule has 0 amide bonds. The van der Waals surface area contributed by atoms with E-state index in [0.717, 1.165) is 40.0 Å². The predicted molar refractivity (Wildman–Crippen MR) is 104 cm³/mol. The van der Waals surface area contributed by atoms with Crippen molar-refractivity contribution in [1.82, 2.24) is 9.88 Å². The van der Waals surface area contributed by atoms with Crippen molar-refractivity contribution < 1.29 is 9.47 Å². The van der Waals surface area contributed by atoms with Crippen LogP contribution < -0.4 is 4.74 Å². The Hall–Kier alpha value is -1.66. The molecule has 26 heavy (non-hydrogen) atoms. The fourth-order valence-corrected chi connectivity index (χ4v) is 5.52. The van der Waals surface area contributed by atoms with Crippen LogP contribution in [0.25, 0.3) is 10.2 Å². The van der Waals surface area contributed by atoms with Gasteiger partial charge in [-0.1, -0.05) is 0 Å². The van der Waals surface area contributed by atoms with E-state index in [4.69, 9.17) is 19.5 Å². The predicted octanol–water partition coefficient (Wildman–Crippen LogP) is 3.52. The van der Waals surface area contributed by atoms with Crippen molar-refractivity contribution in [1.29, 1.82) is 0 Å². The highest BCUT2D eigenvalue weighted by Crippen LogP contribution is 2.41. The third-order valence-electron chi connectivity index (χ3n) is 5.75. The number of ether oxygens (including phenoxy) is 2. The Morgan fingerprint density at radius 3 is 2.92 bits per heavy atom. The van der Waals surface area contributed by atoms with Gasteiger partial charge in [-0.15, -0.1) is 11.3 Å². The van der Waals surface area contributed by atoms with Gasteiger partial charge in [-0.05, 0) is 58.0 Å². The number of rotatable bonds is 4. The molecule has 6 heteroatoms. The smallest absolute Gasteiger partial charge is 0.191 e. The van der Waals surface area contributed by atoms with Crippen LogP contribution in [0.5, 0.6) is 5.75 Å². The Labute approximate surface area is 158 Å². The van der Waals surface area contributed by atoms with E-state index in [0.29, 0.717) is 12.3 Å². The van der Waals surface area contributed by atoms with Crippen molar-refractivity contribution in [3.05, 3.63) is 23.2 Å². The largest absolute Gasteiger partial charge is 0.491 e. The first kappa shape index (κ1) is 16.5. The Morgan fingerprint density at radius 2 is 2.19 bits per heavy atom. The highest BCUT2D eigenvalue weighted by molar-refractivity contribution is 7.18. The summed E-state index contributed by atoms with van der Waals surface area (Å²) in [6.45, 7) is 8.40. The number of piperidine rings is 3. The van der Waals surface area contributed by atoms with Gasteiger partial charge in [0.15, 0.2) is 5.90 Å². The molecule has 1 atom stereocenters. The van der Waals surface area contributed by atoms with Gasteiger partial charge in [0, 0.05) is 12.5 Å². The zero-order chi connectivity index (χ0) is 17.7. The lowest BCUT2D eigenvalue weighted by Crippen LogP contribution is -2.60. The van der Waals surface area contributed by atoms with E-state index in [-0.39, 0.29) is 11.7 Å².